The molecule has 3 aliphatic rings. The monoisotopic (exact) mass is 406 g/mol. The molecule has 3 aliphatic heterocycles. The van der Waals surface area contributed by atoms with Gasteiger partial charge in [-0.1, -0.05) is 0 Å². The zero-order chi connectivity index (χ0) is 19.2. The number of hydrogen-bond acceptors (Lipinski definition) is 6. The molecule has 0 radical (unpaired) electrons. The van der Waals surface area contributed by atoms with Gasteiger partial charge in [-0.25, -0.2) is 18.4 Å². The summed E-state index contributed by atoms with van der Waals surface area (Å²) in [4.78, 5) is 22.8. The maximum Gasteiger partial charge on any atom is 0.252 e. The molecule has 5 rings (SSSR count). The largest absolute Gasteiger partial charge is 0.341 e. The Morgan fingerprint density at radius 3 is 2.59 bits per heavy atom. The van der Waals surface area contributed by atoms with Crippen LogP contribution in [-0.4, -0.2) is 59.2 Å². The number of nitrogens with zero attached hydrogens (tertiary/aromatic N) is 4. The molecule has 0 spiro atoms. The molecule has 3 saturated heterocycles. The van der Waals surface area contributed by atoms with Gasteiger partial charge in [0, 0.05) is 55.4 Å². The quantitative estimate of drug-likeness (QED) is 0.780. The number of carbonyl (C=O) groups is 1. The van der Waals surface area contributed by atoms with Crippen LogP contribution in [-0.2, 0) is 14.8 Å². The Morgan fingerprint density at radius 1 is 1.15 bits per heavy atom. The predicted octanol–water partition coefficient (Wildman–Crippen LogP) is 2.14. The van der Waals surface area contributed by atoms with Crippen LogP contribution in [0.5, 0.6) is 0 Å². The van der Waals surface area contributed by atoms with E-state index >= 15 is 0 Å². The van der Waals surface area contributed by atoms with Crippen LogP contribution in [0.1, 0.15) is 25.6 Å². The molecule has 0 aromatic carbocycles. The van der Waals surface area contributed by atoms with Gasteiger partial charge in [0.25, 0.3) is 10.0 Å². The number of amides is 1. The van der Waals surface area contributed by atoms with Crippen molar-refractivity contribution in [3.8, 4) is 10.4 Å². The van der Waals surface area contributed by atoms with Crippen molar-refractivity contribution in [3.05, 3.63) is 30.4 Å². The molecule has 144 valence electrons. The Bertz CT molecular complexity index is 955. The van der Waals surface area contributed by atoms with E-state index in [0.29, 0.717) is 29.7 Å². The van der Waals surface area contributed by atoms with Gasteiger partial charge in [-0.05, 0) is 37.8 Å². The number of aromatic nitrogens is 2. The van der Waals surface area contributed by atoms with Crippen molar-refractivity contribution in [3.63, 3.8) is 0 Å². The zero-order valence-electron chi connectivity index (χ0n) is 15.3. The molecule has 2 aromatic heterocycles. The van der Waals surface area contributed by atoms with E-state index in [-0.39, 0.29) is 17.9 Å². The first-order valence-corrected chi connectivity index (χ1v) is 11.3. The number of sulfonamides is 1. The van der Waals surface area contributed by atoms with E-state index in [1.807, 2.05) is 13.0 Å². The number of piperidine rings is 1. The number of carbonyl (C=O) groups excluding carboxylic acids is 1. The summed E-state index contributed by atoms with van der Waals surface area (Å²) < 4.78 is 28.6. The standard InChI is InChI=1S/C18H22N4O3S2/c1-12-19-7-15(8-20-12)17-5-6-18(26-17)27(24,25)22-10-14-3-4-16(22)11-21(9-14)13(2)23/h5-8,14,16H,3-4,9-11H2,1-2H3/t14-,16+/m0/s1. The molecule has 5 heterocycles. The maximum absolute atomic E-state index is 13.3. The fourth-order valence-electron chi connectivity index (χ4n) is 3.84. The van der Waals surface area contributed by atoms with E-state index in [1.165, 1.54) is 11.3 Å². The Hall–Kier alpha value is -1.84. The predicted molar refractivity (Wildman–Crippen MR) is 103 cm³/mol. The highest BCUT2D eigenvalue weighted by atomic mass is 32.2. The molecule has 1 amide bonds. The van der Waals surface area contributed by atoms with Crippen molar-refractivity contribution in [2.24, 2.45) is 5.92 Å². The van der Waals surface area contributed by atoms with Crippen molar-refractivity contribution >= 4 is 27.3 Å². The molecule has 7 nitrogen and oxygen atoms in total. The maximum atomic E-state index is 13.3. The van der Waals surface area contributed by atoms with Crippen molar-refractivity contribution in [1.29, 1.82) is 0 Å². The molecule has 3 fully saturated rings. The Labute approximate surface area is 163 Å². The molecule has 0 saturated carbocycles. The second-order valence-corrected chi connectivity index (χ2v) is 10.4. The van der Waals surface area contributed by atoms with Crippen LogP contribution >= 0.6 is 11.3 Å². The molecule has 2 aromatic rings. The first-order chi connectivity index (χ1) is 12.8. The van der Waals surface area contributed by atoms with E-state index < -0.39 is 10.0 Å². The van der Waals surface area contributed by atoms with Gasteiger partial charge in [0.2, 0.25) is 5.91 Å². The minimum atomic E-state index is -3.59. The highest BCUT2D eigenvalue weighted by Crippen LogP contribution is 2.36. The Kier molecular flexibility index (Phi) is 4.77. The average molecular weight is 407 g/mol. The van der Waals surface area contributed by atoms with E-state index in [9.17, 15) is 13.2 Å². The molecule has 9 heteroatoms. The van der Waals surface area contributed by atoms with Crippen molar-refractivity contribution in [1.82, 2.24) is 19.2 Å². The first kappa shape index (κ1) is 18.5. The Balaban J connectivity index is 1.62. The van der Waals surface area contributed by atoms with Gasteiger partial charge < -0.3 is 4.90 Å². The Morgan fingerprint density at radius 2 is 1.89 bits per heavy atom. The lowest BCUT2D eigenvalue weighted by atomic mass is 9.97. The summed E-state index contributed by atoms with van der Waals surface area (Å²) in [5, 5.41) is 0. The molecule has 0 unspecified atom stereocenters. The van der Waals surface area contributed by atoms with E-state index in [1.54, 1.807) is 34.6 Å². The molecule has 2 bridgehead atoms. The molecular weight excluding hydrogens is 384 g/mol. The van der Waals surface area contributed by atoms with Crippen LogP contribution in [0.2, 0.25) is 0 Å². The van der Waals surface area contributed by atoms with E-state index in [4.69, 9.17) is 0 Å². The van der Waals surface area contributed by atoms with Crippen LogP contribution in [0.4, 0.5) is 0 Å². The summed E-state index contributed by atoms with van der Waals surface area (Å²) in [6.45, 7) is 4.98. The number of hydrogen-bond donors (Lipinski definition) is 0. The van der Waals surface area contributed by atoms with Crippen molar-refractivity contribution in [2.45, 2.75) is 36.9 Å². The topological polar surface area (TPSA) is 83.5 Å². The van der Waals surface area contributed by atoms with Gasteiger partial charge in [-0.2, -0.15) is 4.31 Å². The lowest BCUT2D eigenvalue weighted by molar-refractivity contribution is -0.129. The second-order valence-electron chi connectivity index (χ2n) is 7.23. The molecule has 0 N–H and O–H groups in total. The molecule has 2 atom stereocenters. The van der Waals surface area contributed by atoms with Crippen LogP contribution in [0.25, 0.3) is 10.4 Å². The third kappa shape index (κ3) is 3.51. The lowest BCUT2D eigenvalue weighted by Gasteiger charge is -2.34. The molecule has 27 heavy (non-hydrogen) atoms. The molecule has 0 aliphatic carbocycles. The summed E-state index contributed by atoms with van der Waals surface area (Å²) in [5.74, 6) is 0.898. The highest BCUT2D eigenvalue weighted by molar-refractivity contribution is 7.91. The van der Waals surface area contributed by atoms with Crippen LogP contribution < -0.4 is 0 Å². The fourth-order valence-corrected chi connectivity index (χ4v) is 6.97. The third-order valence-corrected chi connectivity index (χ3v) is 8.84. The second kappa shape index (κ2) is 6.96. The highest BCUT2D eigenvalue weighted by Gasteiger charge is 2.42. The number of thiophene rings is 1. The summed E-state index contributed by atoms with van der Waals surface area (Å²) in [5.41, 5.74) is 0.812. The van der Waals surface area contributed by atoms with Crippen molar-refractivity contribution < 1.29 is 13.2 Å². The summed E-state index contributed by atoms with van der Waals surface area (Å²) >= 11 is 1.24. The fraction of sp³-hybridized carbons (Fsp3) is 0.500. The number of fused-ring (bicyclic) bond motifs is 4. The number of rotatable bonds is 3. The zero-order valence-corrected chi connectivity index (χ0v) is 17.0. The smallest absolute Gasteiger partial charge is 0.252 e. The van der Waals surface area contributed by atoms with Crippen molar-refractivity contribution in [2.75, 3.05) is 19.6 Å². The van der Waals surface area contributed by atoms with Crippen LogP contribution in [0.15, 0.2) is 28.7 Å². The van der Waals surface area contributed by atoms with E-state index in [2.05, 4.69) is 9.97 Å². The SMILES string of the molecule is CC(=O)N1C[C@@H]2CC[C@H](C1)N(S(=O)(=O)c1ccc(-c3cnc(C)nc3)s1)C2. The minimum Gasteiger partial charge on any atom is -0.341 e. The van der Waals surface area contributed by atoms with Gasteiger partial charge in [-0.15, -0.1) is 11.3 Å². The first-order valence-electron chi connectivity index (χ1n) is 9.01. The number of aryl methyl sites for hydroxylation is 1. The van der Waals surface area contributed by atoms with Crippen LogP contribution in [0, 0.1) is 12.8 Å². The van der Waals surface area contributed by atoms with Gasteiger partial charge in [-0.3, -0.25) is 4.79 Å². The molecular formula is C18H22N4O3S2. The minimum absolute atomic E-state index is 0.0175. The van der Waals surface area contributed by atoms with Gasteiger partial charge in [0.1, 0.15) is 10.0 Å². The average Bonchev–Trinajstić information content (AvgIpc) is 2.95. The van der Waals surface area contributed by atoms with Gasteiger partial charge in [0.05, 0.1) is 0 Å². The summed E-state index contributed by atoms with van der Waals surface area (Å²) in [6, 6.07) is 3.32. The van der Waals surface area contributed by atoms with Gasteiger partial charge >= 0.3 is 0 Å². The third-order valence-electron chi connectivity index (χ3n) is 5.32. The van der Waals surface area contributed by atoms with Gasteiger partial charge in [0.15, 0.2) is 0 Å². The summed E-state index contributed by atoms with van der Waals surface area (Å²) in [6.07, 6.45) is 5.20. The lowest BCUT2D eigenvalue weighted by Crippen LogP contribution is -2.47. The van der Waals surface area contributed by atoms with Crippen LogP contribution in [0.3, 0.4) is 0 Å². The van der Waals surface area contributed by atoms with E-state index in [0.717, 1.165) is 23.3 Å². The normalized spacial score (nSPS) is 23.4. The summed E-state index contributed by atoms with van der Waals surface area (Å²) in [7, 11) is -3.59.